The van der Waals surface area contributed by atoms with Gasteiger partial charge in [0.15, 0.2) is 0 Å². The zero-order valence-electron chi connectivity index (χ0n) is 12.9. The molecule has 21 heavy (non-hydrogen) atoms. The van der Waals surface area contributed by atoms with E-state index in [9.17, 15) is 0 Å². The molecule has 0 aliphatic carbocycles. The van der Waals surface area contributed by atoms with Gasteiger partial charge in [-0.3, -0.25) is 9.58 Å². The molecule has 0 radical (unpaired) electrons. The Hall–Kier alpha value is -1.81. The maximum atomic E-state index is 6.06. The third-order valence-electron chi connectivity index (χ3n) is 4.47. The fourth-order valence-corrected chi connectivity index (χ4v) is 2.96. The van der Waals surface area contributed by atoms with E-state index in [4.69, 9.17) is 10.8 Å². The average Bonchev–Trinajstić information content (AvgIpc) is 2.95. The van der Waals surface area contributed by atoms with Crippen LogP contribution in [0.4, 0.5) is 5.69 Å². The van der Waals surface area contributed by atoms with Crippen molar-refractivity contribution < 1.29 is 0 Å². The summed E-state index contributed by atoms with van der Waals surface area (Å²) in [5, 5.41) is 4.70. The van der Waals surface area contributed by atoms with Crippen LogP contribution in [-0.4, -0.2) is 21.2 Å². The molecule has 0 bridgehead atoms. The Balaban J connectivity index is 1.68. The minimum absolute atomic E-state index is 0.473. The third kappa shape index (κ3) is 2.95. The van der Waals surface area contributed by atoms with Gasteiger partial charge in [-0.25, -0.2) is 0 Å². The number of aromatic nitrogens is 2. The molecule has 0 amide bonds. The molecule has 4 nitrogen and oxygen atoms in total. The van der Waals surface area contributed by atoms with Crippen LogP contribution in [0.3, 0.4) is 0 Å². The Morgan fingerprint density at radius 3 is 3.00 bits per heavy atom. The average molecular weight is 284 g/mol. The third-order valence-corrected chi connectivity index (χ3v) is 4.47. The maximum Gasteiger partial charge on any atom is 0.0765 e. The quantitative estimate of drug-likeness (QED) is 0.878. The Kier molecular flexibility index (Phi) is 3.97. The minimum Gasteiger partial charge on any atom is -0.398 e. The molecule has 0 saturated heterocycles. The first-order valence-electron chi connectivity index (χ1n) is 7.80. The molecule has 1 aliphatic heterocycles. The molecule has 112 valence electrons. The number of nitrogen functional groups attached to an aromatic ring is 1. The van der Waals surface area contributed by atoms with E-state index in [-0.39, 0.29) is 0 Å². The zero-order valence-corrected chi connectivity index (χ0v) is 12.9. The van der Waals surface area contributed by atoms with Crippen molar-refractivity contribution in [2.45, 2.75) is 45.8 Å². The number of fused-ring (bicyclic) bond motifs is 1. The van der Waals surface area contributed by atoms with E-state index in [2.05, 4.69) is 47.8 Å². The summed E-state index contributed by atoms with van der Waals surface area (Å²) in [6.45, 7) is 7.33. The number of rotatable bonds is 4. The summed E-state index contributed by atoms with van der Waals surface area (Å²) in [7, 11) is 0. The second-order valence-electron chi connectivity index (χ2n) is 5.99. The predicted molar refractivity (Wildman–Crippen MR) is 85.9 cm³/mol. The van der Waals surface area contributed by atoms with Crippen LogP contribution in [0, 0.1) is 0 Å². The molecule has 4 heteroatoms. The van der Waals surface area contributed by atoms with E-state index in [1.165, 1.54) is 11.1 Å². The van der Waals surface area contributed by atoms with Crippen LogP contribution >= 0.6 is 0 Å². The van der Waals surface area contributed by atoms with Gasteiger partial charge in [-0.1, -0.05) is 19.1 Å². The largest absolute Gasteiger partial charge is 0.398 e. The highest BCUT2D eigenvalue weighted by molar-refractivity contribution is 5.51. The first-order valence-corrected chi connectivity index (χ1v) is 7.80. The van der Waals surface area contributed by atoms with Gasteiger partial charge in [0.25, 0.3) is 0 Å². The van der Waals surface area contributed by atoms with E-state index in [0.717, 1.165) is 43.9 Å². The highest BCUT2D eigenvalue weighted by Gasteiger charge is 2.18. The fraction of sp³-hybridized carbons (Fsp3) is 0.471. The smallest absolute Gasteiger partial charge is 0.0765 e. The topological polar surface area (TPSA) is 47.1 Å². The van der Waals surface area contributed by atoms with Gasteiger partial charge in [0.2, 0.25) is 0 Å². The van der Waals surface area contributed by atoms with Crippen molar-refractivity contribution in [3.05, 3.63) is 47.3 Å². The Morgan fingerprint density at radius 1 is 1.33 bits per heavy atom. The first kappa shape index (κ1) is 14.1. The van der Waals surface area contributed by atoms with Crippen molar-refractivity contribution in [3.63, 3.8) is 0 Å². The molecule has 2 N–H and O–H groups in total. The monoisotopic (exact) mass is 284 g/mol. The van der Waals surface area contributed by atoms with Crippen LogP contribution in [0.15, 0.2) is 30.5 Å². The molecule has 3 rings (SSSR count). The van der Waals surface area contributed by atoms with E-state index in [1.807, 2.05) is 6.07 Å². The molecule has 1 aliphatic rings. The lowest BCUT2D eigenvalue weighted by Gasteiger charge is -2.28. The van der Waals surface area contributed by atoms with Crippen molar-refractivity contribution in [2.24, 2.45) is 0 Å². The Bertz CT molecular complexity index is 617. The van der Waals surface area contributed by atoms with Gasteiger partial charge in [0, 0.05) is 37.6 Å². The molecule has 1 unspecified atom stereocenters. The van der Waals surface area contributed by atoms with Gasteiger partial charge >= 0.3 is 0 Å². The van der Waals surface area contributed by atoms with E-state index in [1.54, 1.807) is 0 Å². The summed E-state index contributed by atoms with van der Waals surface area (Å²) in [5.74, 6) is 0. The first-order chi connectivity index (χ1) is 10.2. The fourth-order valence-electron chi connectivity index (χ4n) is 2.96. The second-order valence-corrected chi connectivity index (χ2v) is 5.99. The number of hydrogen-bond donors (Lipinski definition) is 1. The molecular formula is C17H24N4. The van der Waals surface area contributed by atoms with E-state index in [0.29, 0.717) is 6.04 Å². The molecule has 1 aromatic heterocycles. The van der Waals surface area contributed by atoms with Gasteiger partial charge < -0.3 is 5.73 Å². The molecule has 2 aromatic rings. The van der Waals surface area contributed by atoms with Gasteiger partial charge in [0.1, 0.15) is 0 Å². The van der Waals surface area contributed by atoms with Gasteiger partial charge in [0.05, 0.1) is 5.69 Å². The zero-order chi connectivity index (χ0) is 14.8. The van der Waals surface area contributed by atoms with E-state index < -0.39 is 0 Å². The molecule has 0 spiro atoms. The lowest BCUT2D eigenvalue weighted by molar-refractivity contribution is 0.241. The standard InChI is InChI=1S/C17H24N4/c1-3-13(2)21-10-7-15(19-21)12-20-9-8-16-14(11-20)5-4-6-17(16)18/h4-7,10,13H,3,8-9,11-12,18H2,1-2H3. The Labute approximate surface area is 126 Å². The number of benzene rings is 1. The van der Waals surface area contributed by atoms with Crippen LogP contribution < -0.4 is 5.73 Å². The maximum absolute atomic E-state index is 6.06. The summed E-state index contributed by atoms with van der Waals surface area (Å²) in [6.07, 6.45) is 4.24. The molecule has 1 aromatic carbocycles. The summed E-state index contributed by atoms with van der Waals surface area (Å²) in [5.41, 5.74) is 10.8. The van der Waals surface area contributed by atoms with Crippen LogP contribution in [-0.2, 0) is 19.5 Å². The normalized spacial score (nSPS) is 16.7. The van der Waals surface area contributed by atoms with Crippen LogP contribution in [0.2, 0.25) is 0 Å². The van der Waals surface area contributed by atoms with Gasteiger partial charge in [-0.15, -0.1) is 0 Å². The molecule has 0 saturated carbocycles. The second kappa shape index (κ2) is 5.90. The summed E-state index contributed by atoms with van der Waals surface area (Å²) < 4.78 is 2.07. The summed E-state index contributed by atoms with van der Waals surface area (Å²) >= 11 is 0. The van der Waals surface area contributed by atoms with Crippen molar-refractivity contribution in [1.82, 2.24) is 14.7 Å². The van der Waals surface area contributed by atoms with Crippen molar-refractivity contribution in [2.75, 3.05) is 12.3 Å². The summed E-state index contributed by atoms with van der Waals surface area (Å²) in [4.78, 5) is 2.45. The number of nitrogens with zero attached hydrogens (tertiary/aromatic N) is 3. The van der Waals surface area contributed by atoms with Gasteiger partial charge in [-0.05, 0) is 43.0 Å². The lowest BCUT2D eigenvalue weighted by atomic mass is 9.98. The number of hydrogen-bond acceptors (Lipinski definition) is 3. The predicted octanol–water partition coefficient (Wildman–Crippen LogP) is 2.99. The van der Waals surface area contributed by atoms with Crippen LogP contribution in [0.5, 0.6) is 0 Å². The number of anilines is 1. The molecule has 2 heterocycles. The highest BCUT2D eigenvalue weighted by atomic mass is 15.3. The Morgan fingerprint density at radius 2 is 2.19 bits per heavy atom. The van der Waals surface area contributed by atoms with Crippen molar-refractivity contribution >= 4 is 5.69 Å². The van der Waals surface area contributed by atoms with Crippen LogP contribution in [0.25, 0.3) is 0 Å². The highest BCUT2D eigenvalue weighted by Crippen LogP contribution is 2.24. The van der Waals surface area contributed by atoms with Gasteiger partial charge in [-0.2, -0.15) is 5.10 Å². The molecule has 1 atom stereocenters. The lowest BCUT2D eigenvalue weighted by Crippen LogP contribution is -2.30. The van der Waals surface area contributed by atoms with E-state index >= 15 is 0 Å². The molecular weight excluding hydrogens is 260 g/mol. The van der Waals surface area contributed by atoms with Crippen molar-refractivity contribution in [3.8, 4) is 0 Å². The summed E-state index contributed by atoms with van der Waals surface area (Å²) in [6, 6.07) is 8.86. The number of nitrogens with two attached hydrogens (primary N) is 1. The minimum atomic E-state index is 0.473. The van der Waals surface area contributed by atoms with Crippen LogP contribution in [0.1, 0.15) is 43.1 Å². The van der Waals surface area contributed by atoms with Crippen molar-refractivity contribution in [1.29, 1.82) is 0 Å². The SMILES string of the molecule is CCC(C)n1ccc(CN2CCc3c(N)cccc3C2)n1. The molecule has 0 fully saturated rings.